The van der Waals surface area contributed by atoms with E-state index in [9.17, 15) is 4.79 Å². The Morgan fingerprint density at radius 1 is 1.41 bits per heavy atom. The van der Waals surface area contributed by atoms with Gasteiger partial charge in [0.2, 0.25) is 5.91 Å². The number of fused-ring (bicyclic) bond motifs is 1. The smallest absolute Gasteiger partial charge is 0.243 e. The molecule has 17 heavy (non-hydrogen) atoms. The molecule has 0 radical (unpaired) electrons. The lowest BCUT2D eigenvalue weighted by Gasteiger charge is -2.38. The molecule has 0 aromatic heterocycles. The molecule has 0 unspecified atom stereocenters. The van der Waals surface area contributed by atoms with E-state index in [1.54, 1.807) is 11.8 Å². The van der Waals surface area contributed by atoms with E-state index < -0.39 is 0 Å². The van der Waals surface area contributed by atoms with Crippen LogP contribution >= 0.6 is 27.7 Å². The summed E-state index contributed by atoms with van der Waals surface area (Å²) in [5, 5.41) is 0. The first-order valence-corrected chi connectivity index (χ1v) is 7.37. The molecule has 2 rings (SSSR count). The number of carbonyl (C=O) groups excluding carboxylic acids is 1. The molecule has 1 aromatic carbocycles. The Labute approximate surface area is 115 Å². The van der Waals surface area contributed by atoms with E-state index in [2.05, 4.69) is 28.9 Å². The molecule has 1 amide bonds. The molecule has 0 fully saturated rings. The fourth-order valence-electron chi connectivity index (χ4n) is 1.99. The Hall–Kier alpha value is -0.480. The molecule has 92 valence electrons. The summed E-state index contributed by atoms with van der Waals surface area (Å²) in [6, 6.07) is 6.11. The van der Waals surface area contributed by atoms with Crippen molar-refractivity contribution < 1.29 is 4.79 Å². The third-order valence-corrected chi connectivity index (χ3v) is 4.51. The molecule has 0 bridgehead atoms. The van der Waals surface area contributed by atoms with Crippen LogP contribution in [-0.4, -0.2) is 17.2 Å². The molecule has 1 aliphatic rings. The summed E-state index contributed by atoms with van der Waals surface area (Å²) in [7, 11) is 0. The predicted octanol–water partition coefficient (Wildman–Crippen LogP) is 4.08. The highest BCUT2D eigenvalue weighted by atomic mass is 79.9. The van der Waals surface area contributed by atoms with Crippen molar-refractivity contribution in [2.75, 3.05) is 11.4 Å². The summed E-state index contributed by atoms with van der Waals surface area (Å²) < 4.78 is 0.688. The quantitative estimate of drug-likeness (QED) is 0.820. The maximum atomic E-state index is 12.4. The van der Waals surface area contributed by atoms with Crippen molar-refractivity contribution in [2.24, 2.45) is 0 Å². The molecule has 0 saturated heterocycles. The first-order chi connectivity index (χ1) is 7.95. The Bertz CT molecular complexity index is 459. The molecule has 1 heterocycles. The number of halogens is 1. The molecule has 0 saturated carbocycles. The number of benzene rings is 1. The van der Waals surface area contributed by atoms with E-state index in [1.807, 2.05) is 30.9 Å². The van der Waals surface area contributed by atoms with Crippen LogP contribution in [-0.2, 0) is 4.79 Å². The zero-order chi connectivity index (χ0) is 12.6. The Balaban J connectivity index is 2.50. The van der Waals surface area contributed by atoms with Crippen molar-refractivity contribution in [3.05, 3.63) is 22.7 Å². The highest BCUT2D eigenvalue weighted by Crippen LogP contribution is 2.45. The Kier molecular flexibility index (Phi) is 3.55. The number of thioether (sulfide) groups is 1. The van der Waals surface area contributed by atoms with E-state index in [0.717, 1.165) is 23.1 Å². The van der Waals surface area contributed by atoms with Gasteiger partial charge in [0.05, 0.1) is 10.4 Å². The van der Waals surface area contributed by atoms with Crippen LogP contribution in [0.15, 0.2) is 27.6 Å². The van der Waals surface area contributed by atoms with Crippen molar-refractivity contribution in [1.29, 1.82) is 0 Å². The molecular weight excluding hydrogens is 298 g/mol. The van der Waals surface area contributed by atoms with Crippen LogP contribution in [0.4, 0.5) is 5.69 Å². The average molecular weight is 314 g/mol. The van der Waals surface area contributed by atoms with Gasteiger partial charge in [-0.1, -0.05) is 22.9 Å². The van der Waals surface area contributed by atoms with Gasteiger partial charge in [0.15, 0.2) is 0 Å². The van der Waals surface area contributed by atoms with Gasteiger partial charge in [-0.15, -0.1) is 11.8 Å². The number of carbonyl (C=O) groups is 1. The molecule has 2 nitrogen and oxygen atoms in total. The van der Waals surface area contributed by atoms with E-state index in [-0.39, 0.29) is 10.7 Å². The first-order valence-electron chi connectivity index (χ1n) is 5.76. The SMILES string of the molecule is CCCN1C(=O)C(C)(C)Sc2cc(Br)ccc21. The van der Waals surface area contributed by atoms with E-state index in [0.29, 0.717) is 0 Å². The summed E-state index contributed by atoms with van der Waals surface area (Å²) in [5.41, 5.74) is 1.05. The van der Waals surface area contributed by atoms with Gasteiger partial charge in [0.25, 0.3) is 0 Å². The first kappa shape index (κ1) is 13.0. The molecule has 4 heteroatoms. The highest BCUT2D eigenvalue weighted by Gasteiger charge is 2.39. The number of hydrogen-bond donors (Lipinski definition) is 0. The molecular formula is C13H16BrNOS. The minimum Gasteiger partial charge on any atom is -0.310 e. The van der Waals surface area contributed by atoms with Crippen LogP contribution in [0.3, 0.4) is 0 Å². The van der Waals surface area contributed by atoms with Gasteiger partial charge in [-0.2, -0.15) is 0 Å². The van der Waals surface area contributed by atoms with Crippen molar-refractivity contribution in [2.45, 2.75) is 36.8 Å². The minimum absolute atomic E-state index is 0.208. The standard InChI is InChI=1S/C13H16BrNOS/c1-4-7-15-10-6-5-9(14)8-11(10)17-13(2,3)12(15)16/h5-6,8H,4,7H2,1-3H3. The monoisotopic (exact) mass is 313 g/mol. The topological polar surface area (TPSA) is 20.3 Å². The molecule has 0 atom stereocenters. The summed E-state index contributed by atoms with van der Waals surface area (Å²) in [6.07, 6.45) is 0.974. The maximum Gasteiger partial charge on any atom is 0.243 e. The average Bonchev–Trinajstić information content (AvgIpc) is 2.24. The second kappa shape index (κ2) is 4.65. The number of anilines is 1. The zero-order valence-electron chi connectivity index (χ0n) is 10.3. The summed E-state index contributed by atoms with van der Waals surface area (Å²) in [6.45, 7) is 6.87. The number of nitrogens with zero attached hydrogens (tertiary/aromatic N) is 1. The largest absolute Gasteiger partial charge is 0.310 e. The third-order valence-electron chi connectivity index (χ3n) is 2.79. The van der Waals surface area contributed by atoms with E-state index in [1.165, 1.54) is 4.90 Å². The van der Waals surface area contributed by atoms with Crippen LogP contribution in [0.25, 0.3) is 0 Å². The minimum atomic E-state index is -0.372. The van der Waals surface area contributed by atoms with Gasteiger partial charge >= 0.3 is 0 Å². The van der Waals surface area contributed by atoms with Crippen LogP contribution in [0.2, 0.25) is 0 Å². The molecule has 0 N–H and O–H groups in total. The van der Waals surface area contributed by atoms with Crippen molar-refractivity contribution in [3.63, 3.8) is 0 Å². The van der Waals surface area contributed by atoms with Crippen molar-refractivity contribution >= 4 is 39.3 Å². The lowest BCUT2D eigenvalue weighted by atomic mass is 10.1. The fourth-order valence-corrected chi connectivity index (χ4v) is 3.72. The second-order valence-corrected chi connectivity index (χ2v) is 7.26. The lowest BCUT2D eigenvalue weighted by Crippen LogP contribution is -2.46. The molecule has 0 aliphatic carbocycles. The van der Waals surface area contributed by atoms with Gasteiger partial charge in [-0.25, -0.2) is 0 Å². The highest BCUT2D eigenvalue weighted by molar-refractivity contribution is 9.10. The van der Waals surface area contributed by atoms with Crippen LogP contribution in [0, 0.1) is 0 Å². The van der Waals surface area contributed by atoms with E-state index in [4.69, 9.17) is 0 Å². The van der Waals surface area contributed by atoms with Crippen LogP contribution < -0.4 is 4.90 Å². The zero-order valence-corrected chi connectivity index (χ0v) is 12.7. The third kappa shape index (κ3) is 2.38. The second-order valence-electron chi connectivity index (χ2n) is 4.68. The van der Waals surface area contributed by atoms with Crippen molar-refractivity contribution in [3.8, 4) is 0 Å². The number of hydrogen-bond acceptors (Lipinski definition) is 2. The van der Waals surface area contributed by atoms with Gasteiger partial charge in [0.1, 0.15) is 0 Å². The van der Waals surface area contributed by atoms with E-state index >= 15 is 0 Å². The van der Waals surface area contributed by atoms with Crippen LogP contribution in [0.1, 0.15) is 27.2 Å². The lowest BCUT2D eigenvalue weighted by molar-refractivity contribution is -0.120. The Morgan fingerprint density at radius 3 is 2.76 bits per heavy atom. The summed E-state index contributed by atoms with van der Waals surface area (Å²) >= 11 is 5.13. The van der Waals surface area contributed by atoms with Gasteiger partial charge in [-0.05, 0) is 38.5 Å². The fraction of sp³-hybridized carbons (Fsp3) is 0.462. The van der Waals surface area contributed by atoms with Gasteiger partial charge in [-0.3, -0.25) is 4.79 Å². The molecule has 1 aromatic rings. The van der Waals surface area contributed by atoms with Crippen molar-refractivity contribution in [1.82, 2.24) is 0 Å². The Morgan fingerprint density at radius 2 is 2.12 bits per heavy atom. The number of rotatable bonds is 2. The normalized spacial score (nSPS) is 18.1. The summed E-state index contributed by atoms with van der Waals surface area (Å²) in [5.74, 6) is 0.208. The van der Waals surface area contributed by atoms with Gasteiger partial charge < -0.3 is 4.90 Å². The van der Waals surface area contributed by atoms with Gasteiger partial charge in [0, 0.05) is 15.9 Å². The molecule has 0 spiro atoms. The molecule has 1 aliphatic heterocycles. The maximum absolute atomic E-state index is 12.4. The van der Waals surface area contributed by atoms with Crippen LogP contribution in [0.5, 0.6) is 0 Å². The number of amides is 1. The predicted molar refractivity (Wildman–Crippen MR) is 76.7 cm³/mol. The summed E-state index contributed by atoms with van der Waals surface area (Å²) in [4.78, 5) is 15.5.